The molecule has 11 heavy (non-hydrogen) atoms. The minimum atomic E-state index is 0.642. The number of hydrogen-bond donors (Lipinski definition) is 1. The molecule has 60 valence electrons. The molecule has 1 heterocycles. The minimum Gasteiger partial charge on any atom is -0.312 e. The molecular formula is C9H13NS. The molecule has 0 amide bonds. The molecule has 0 radical (unpaired) electrons. The molecule has 0 bridgehead atoms. The summed E-state index contributed by atoms with van der Waals surface area (Å²) in [6.45, 7) is 2.19. The highest BCUT2D eigenvalue weighted by molar-refractivity contribution is 7.12. The van der Waals surface area contributed by atoms with Gasteiger partial charge in [0.25, 0.3) is 0 Å². The van der Waals surface area contributed by atoms with Crippen LogP contribution in [-0.2, 0) is 6.42 Å². The van der Waals surface area contributed by atoms with Crippen LogP contribution in [0, 0.1) is 6.92 Å². The molecule has 0 aromatic carbocycles. The van der Waals surface area contributed by atoms with Gasteiger partial charge in [-0.05, 0) is 38.4 Å². The van der Waals surface area contributed by atoms with Crippen molar-refractivity contribution < 1.29 is 0 Å². The van der Waals surface area contributed by atoms with Crippen molar-refractivity contribution in [3.63, 3.8) is 0 Å². The fraction of sp³-hybridized carbons (Fsp3) is 0.556. The predicted molar refractivity (Wildman–Crippen MR) is 49.2 cm³/mol. The van der Waals surface area contributed by atoms with E-state index >= 15 is 0 Å². The molecular weight excluding hydrogens is 154 g/mol. The van der Waals surface area contributed by atoms with Gasteiger partial charge in [0.2, 0.25) is 0 Å². The molecule has 0 fully saturated rings. The molecule has 1 atom stereocenters. The van der Waals surface area contributed by atoms with Gasteiger partial charge in [-0.25, -0.2) is 0 Å². The maximum absolute atomic E-state index is 3.34. The summed E-state index contributed by atoms with van der Waals surface area (Å²) in [6, 6.07) is 2.97. The van der Waals surface area contributed by atoms with Crippen molar-refractivity contribution in [2.45, 2.75) is 25.8 Å². The summed E-state index contributed by atoms with van der Waals surface area (Å²) >= 11 is 1.95. The number of rotatable bonds is 1. The number of thiophene rings is 1. The number of nitrogens with one attached hydrogen (secondary N) is 1. The van der Waals surface area contributed by atoms with E-state index in [0.717, 1.165) is 0 Å². The van der Waals surface area contributed by atoms with Gasteiger partial charge in [-0.1, -0.05) is 0 Å². The second-order valence-electron chi connectivity index (χ2n) is 3.13. The van der Waals surface area contributed by atoms with Crippen LogP contribution in [0.2, 0.25) is 0 Å². The largest absolute Gasteiger partial charge is 0.312 e. The Hall–Kier alpha value is -0.340. The third kappa shape index (κ3) is 1.10. The Labute approximate surface area is 71.4 Å². The third-order valence-electron chi connectivity index (χ3n) is 2.33. The molecule has 1 aliphatic rings. The summed E-state index contributed by atoms with van der Waals surface area (Å²) in [5.41, 5.74) is 1.58. The van der Waals surface area contributed by atoms with Crippen LogP contribution in [-0.4, -0.2) is 7.05 Å². The van der Waals surface area contributed by atoms with Crippen LogP contribution in [0.25, 0.3) is 0 Å². The molecule has 2 heteroatoms. The number of aryl methyl sites for hydroxylation is 2. The van der Waals surface area contributed by atoms with Gasteiger partial charge < -0.3 is 5.32 Å². The van der Waals surface area contributed by atoms with Crippen LogP contribution in [0.3, 0.4) is 0 Å². The van der Waals surface area contributed by atoms with E-state index in [2.05, 4.69) is 25.4 Å². The molecule has 1 aliphatic carbocycles. The number of hydrogen-bond acceptors (Lipinski definition) is 2. The highest BCUT2D eigenvalue weighted by Crippen LogP contribution is 2.36. The second-order valence-corrected chi connectivity index (χ2v) is 4.41. The maximum atomic E-state index is 3.34. The van der Waals surface area contributed by atoms with Crippen molar-refractivity contribution in [1.29, 1.82) is 0 Å². The zero-order valence-corrected chi connectivity index (χ0v) is 7.79. The topological polar surface area (TPSA) is 12.0 Å². The monoisotopic (exact) mass is 167 g/mol. The molecule has 0 spiro atoms. The van der Waals surface area contributed by atoms with Crippen LogP contribution in [0.4, 0.5) is 0 Å². The molecule has 2 rings (SSSR count). The Morgan fingerprint density at radius 2 is 2.45 bits per heavy atom. The van der Waals surface area contributed by atoms with Gasteiger partial charge >= 0.3 is 0 Å². The van der Waals surface area contributed by atoms with Crippen molar-refractivity contribution in [2.24, 2.45) is 0 Å². The zero-order valence-electron chi connectivity index (χ0n) is 6.98. The van der Waals surface area contributed by atoms with Crippen molar-refractivity contribution in [3.05, 3.63) is 21.4 Å². The van der Waals surface area contributed by atoms with E-state index in [9.17, 15) is 0 Å². The quantitative estimate of drug-likeness (QED) is 0.676. The number of fused-ring (bicyclic) bond motifs is 1. The van der Waals surface area contributed by atoms with Crippen LogP contribution < -0.4 is 5.32 Å². The molecule has 1 aromatic rings. The SMILES string of the molecule is CNC1CCc2cc(C)sc21. The molecule has 0 saturated carbocycles. The van der Waals surface area contributed by atoms with Gasteiger partial charge in [-0.2, -0.15) is 0 Å². The van der Waals surface area contributed by atoms with Crippen LogP contribution >= 0.6 is 11.3 Å². The fourth-order valence-corrected chi connectivity index (χ4v) is 3.00. The summed E-state index contributed by atoms with van der Waals surface area (Å²) in [7, 11) is 2.05. The molecule has 1 nitrogen and oxygen atoms in total. The summed E-state index contributed by atoms with van der Waals surface area (Å²) < 4.78 is 0. The first-order valence-corrected chi connectivity index (χ1v) is 4.89. The van der Waals surface area contributed by atoms with E-state index in [1.54, 1.807) is 10.4 Å². The average Bonchev–Trinajstić information content (AvgIpc) is 2.45. The normalized spacial score (nSPS) is 22.2. The Kier molecular flexibility index (Phi) is 1.74. The van der Waals surface area contributed by atoms with E-state index < -0.39 is 0 Å². The lowest BCUT2D eigenvalue weighted by atomic mass is 10.2. The van der Waals surface area contributed by atoms with Crippen LogP contribution in [0.1, 0.15) is 27.8 Å². The molecule has 0 saturated heterocycles. The van der Waals surface area contributed by atoms with Gasteiger partial charge in [0.05, 0.1) is 0 Å². The van der Waals surface area contributed by atoms with Gasteiger partial charge in [-0.15, -0.1) is 11.3 Å². The first kappa shape index (κ1) is 7.32. The van der Waals surface area contributed by atoms with Crippen molar-refractivity contribution in [2.75, 3.05) is 7.05 Å². The van der Waals surface area contributed by atoms with Crippen molar-refractivity contribution in [3.8, 4) is 0 Å². The highest BCUT2D eigenvalue weighted by atomic mass is 32.1. The highest BCUT2D eigenvalue weighted by Gasteiger charge is 2.22. The van der Waals surface area contributed by atoms with E-state index in [-0.39, 0.29) is 0 Å². The third-order valence-corrected chi connectivity index (χ3v) is 3.54. The van der Waals surface area contributed by atoms with E-state index in [4.69, 9.17) is 0 Å². The second kappa shape index (κ2) is 2.61. The van der Waals surface area contributed by atoms with E-state index in [1.807, 2.05) is 11.3 Å². The lowest BCUT2D eigenvalue weighted by Crippen LogP contribution is -2.11. The van der Waals surface area contributed by atoms with Crippen molar-refractivity contribution >= 4 is 11.3 Å². The molecule has 1 N–H and O–H groups in total. The standard InChI is InChI=1S/C9H13NS/c1-6-5-7-3-4-8(10-2)9(7)11-6/h5,8,10H,3-4H2,1-2H3. The van der Waals surface area contributed by atoms with Crippen LogP contribution in [0.15, 0.2) is 6.07 Å². The smallest absolute Gasteiger partial charge is 0.0418 e. The molecule has 1 aromatic heterocycles. The zero-order chi connectivity index (χ0) is 7.84. The van der Waals surface area contributed by atoms with E-state index in [0.29, 0.717) is 6.04 Å². The lowest BCUT2D eigenvalue weighted by molar-refractivity contribution is 0.597. The predicted octanol–water partition coefficient (Wildman–Crippen LogP) is 2.26. The summed E-state index contributed by atoms with van der Waals surface area (Å²) in [5.74, 6) is 0. The molecule has 0 aliphatic heterocycles. The Morgan fingerprint density at radius 3 is 3.18 bits per heavy atom. The Balaban J connectivity index is 2.37. The summed E-state index contributed by atoms with van der Waals surface area (Å²) in [6.07, 6.45) is 2.56. The van der Waals surface area contributed by atoms with Crippen molar-refractivity contribution in [1.82, 2.24) is 5.32 Å². The first-order valence-electron chi connectivity index (χ1n) is 4.07. The van der Waals surface area contributed by atoms with E-state index in [1.165, 1.54) is 17.7 Å². The minimum absolute atomic E-state index is 0.642. The first-order chi connectivity index (χ1) is 5.31. The maximum Gasteiger partial charge on any atom is 0.0418 e. The van der Waals surface area contributed by atoms with Gasteiger partial charge in [0, 0.05) is 15.8 Å². The average molecular weight is 167 g/mol. The Bertz CT molecular complexity index is 265. The molecule has 1 unspecified atom stereocenters. The van der Waals surface area contributed by atoms with Gasteiger partial charge in [-0.3, -0.25) is 0 Å². The Morgan fingerprint density at radius 1 is 1.64 bits per heavy atom. The summed E-state index contributed by atoms with van der Waals surface area (Å²) in [4.78, 5) is 3.03. The fourth-order valence-electron chi connectivity index (χ4n) is 1.78. The summed E-state index contributed by atoms with van der Waals surface area (Å²) in [5, 5.41) is 3.34. The lowest BCUT2D eigenvalue weighted by Gasteiger charge is -2.05. The van der Waals surface area contributed by atoms with Gasteiger partial charge in [0.1, 0.15) is 0 Å². The van der Waals surface area contributed by atoms with Gasteiger partial charge in [0.15, 0.2) is 0 Å². The van der Waals surface area contributed by atoms with Crippen LogP contribution in [0.5, 0.6) is 0 Å².